The van der Waals surface area contributed by atoms with Crippen LogP contribution in [0.25, 0.3) is 0 Å². The van der Waals surface area contributed by atoms with Gasteiger partial charge in [-0.15, -0.1) is 0 Å². The normalized spacial score (nSPS) is 11.6. The third-order valence-corrected chi connectivity index (χ3v) is 2.10. The molecule has 0 aromatic rings. The van der Waals surface area contributed by atoms with E-state index in [0.29, 0.717) is 0 Å². The van der Waals surface area contributed by atoms with Crippen LogP contribution in [0, 0.1) is 0 Å². The lowest BCUT2D eigenvalue weighted by Crippen LogP contribution is -2.12. The largest absolute Gasteiger partial charge is 0.309 e. The molecule has 0 atom stereocenters. The van der Waals surface area contributed by atoms with Gasteiger partial charge in [-0.25, -0.2) is 0 Å². The van der Waals surface area contributed by atoms with Gasteiger partial charge in [0.25, 0.3) is 0 Å². The molecule has 0 bridgehead atoms. The zero-order valence-corrected chi connectivity index (χ0v) is 8.06. The Morgan fingerprint density at radius 1 is 1.40 bits per heavy atom. The Labute approximate surface area is 65.5 Å². The minimum absolute atomic E-state index is 0.962. The Bertz CT molecular complexity index is 91.6. The summed E-state index contributed by atoms with van der Waals surface area (Å²) < 4.78 is 4.22. The maximum atomic E-state index is 4.22. The minimum Gasteiger partial charge on any atom is -0.309 e. The van der Waals surface area contributed by atoms with E-state index in [-0.39, 0.29) is 0 Å². The Balaban J connectivity index is 2.97. The molecular formula is C7H17N2P. The highest BCUT2D eigenvalue weighted by Gasteiger charge is 1.87. The van der Waals surface area contributed by atoms with Crippen molar-refractivity contribution >= 4 is 8.37 Å². The van der Waals surface area contributed by atoms with Gasteiger partial charge in [-0.1, -0.05) is 0 Å². The highest BCUT2D eigenvalue weighted by Crippen LogP contribution is 2.01. The zero-order chi connectivity index (χ0) is 7.82. The topological polar surface area (TPSA) is 15.6 Å². The summed E-state index contributed by atoms with van der Waals surface area (Å²) >= 11 is 0. The zero-order valence-electron chi connectivity index (χ0n) is 7.17. The van der Waals surface area contributed by atoms with Gasteiger partial charge in [0.2, 0.25) is 0 Å². The van der Waals surface area contributed by atoms with Crippen LogP contribution in [0.4, 0.5) is 0 Å². The van der Waals surface area contributed by atoms with Crippen molar-refractivity contribution in [1.29, 1.82) is 0 Å². The Kier molecular flexibility index (Phi) is 7.21. The van der Waals surface area contributed by atoms with Crippen molar-refractivity contribution in [3.63, 3.8) is 0 Å². The highest BCUT2D eigenvalue weighted by atomic mass is 31.1. The predicted octanol–water partition coefficient (Wildman–Crippen LogP) is 2.09. The lowest BCUT2D eigenvalue weighted by atomic mass is 10.5. The van der Waals surface area contributed by atoms with Gasteiger partial charge in [0.05, 0.1) is 0 Å². The SMILES string of the molecule is CCN=PCCCN(C)C. The van der Waals surface area contributed by atoms with Gasteiger partial charge in [-0.05, 0) is 34.0 Å². The summed E-state index contributed by atoms with van der Waals surface area (Å²) in [5.41, 5.74) is 0. The van der Waals surface area contributed by atoms with E-state index < -0.39 is 0 Å². The van der Waals surface area contributed by atoms with Crippen molar-refractivity contribution in [2.75, 3.05) is 33.3 Å². The van der Waals surface area contributed by atoms with E-state index in [9.17, 15) is 0 Å². The molecule has 0 heterocycles. The number of nitrogens with zero attached hydrogens (tertiary/aromatic N) is 2. The summed E-state index contributed by atoms with van der Waals surface area (Å²) in [6, 6.07) is 0. The minimum atomic E-state index is 0.962. The van der Waals surface area contributed by atoms with E-state index in [1.807, 2.05) is 0 Å². The molecule has 0 amide bonds. The maximum absolute atomic E-state index is 4.22. The average Bonchev–Trinajstić information content (AvgIpc) is 1.87. The molecule has 0 saturated heterocycles. The summed E-state index contributed by atoms with van der Waals surface area (Å²) in [6.45, 7) is 4.23. The first kappa shape index (κ1) is 10.1. The quantitative estimate of drug-likeness (QED) is 0.444. The third-order valence-electron chi connectivity index (χ3n) is 1.10. The lowest BCUT2D eigenvalue weighted by Gasteiger charge is -2.05. The van der Waals surface area contributed by atoms with Crippen molar-refractivity contribution in [2.24, 2.45) is 4.74 Å². The first-order valence-electron chi connectivity index (χ1n) is 3.75. The number of hydrogen-bond donors (Lipinski definition) is 0. The summed E-state index contributed by atoms with van der Waals surface area (Å²) in [4.78, 5) is 2.21. The predicted molar refractivity (Wildman–Crippen MR) is 47.9 cm³/mol. The molecule has 10 heavy (non-hydrogen) atoms. The van der Waals surface area contributed by atoms with Crippen LogP contribution in [0.15, 0.2) is 4.74 Å². The molecule has 0 aliphatic rings. The van der Waals surface area contributed by atoms with Crippen molar-refractivity contribution in [1.82, 2.24) is 4.90 Å². The first-order chi connectivity index (χ1) is 4.77. The average molecular weight is 160 g/mol. The second-order valence-corrected chi connectivity index (χ2v) is 3.49. The van der Waals surface area contributed by atoms with Crippen LogP contribution in [0.2, 0.25) is 0 Å². The van der Waals surface area contributed by atoms with Crippen molar-refractivity contribution in [3.05, 3.63) is 0 Å². The lowest BCUT2D eigenvalue weighted by molar-refractivity contribution is 0.410. The molecule has 3 heteroatoms. The van der Waals surface area contributed by atoms with Crippen molar-refractivity contribution in [3.8, 4) is 0 Å². The van der Waals surface area contributed by atoms with Crippen molar-refractivity contribution < 1.29 is 0 Å². The maximum Gasteiger partial charge on any atom is 0.0404 e. The molecule has 0 rings (SSSR count). The van der Waals surface area contributed by atoms with Gasteiger partial charge in [0, 0.05) is 21.1 Å². The fraction of sp³-hybridized carbons (Fsp3) is 1.00. The molecule has 2 nitrogen and oxygen atoms in total. The van der Waals surface area contributed by atoms with Crippen LogP contribution in [0.3, 0.4) is 0 Å². The number of hydrogen-bond acceptors (Lipinski definition) is 2. The van der Waals surface area contributed by atoms with Crippen LogP contribution < -0.4 is 0 Å². The molecule has 0 aliphatic heterocycles. The van der Waals surface area contributed by atoms with Gasteiger partial charge >= 0.3 is 0 Å². The van der Waals surface area contributed by atoms with Crippen LogP contribution in [0.5, 0.6) is 0 Å². The van der Waals surface area contributed by atoms with Crippen LogP contribution in [-0.2, 0) is 0 Å². The van der Waals surface area contributed by atoms with E-state index in [0.717, 1.165) is 6.54 Å². The van der Waals surface area contributed by atoms with E-state index in [1.165, 1.54) is 27.5 Å². The van der Waals surface area contributed by atoms with E-state index in [2.05, 4.69) is 30.7 Å². The summed E-state index contributed by atoms with van der Waals surface area (Å²) in [5, 5.41) is 0. The van der Waals surface area contributed by atoms with Crippen LogP contribution >= 0.6 is 8.37 Å². The van der Waals surface area contributed by atoms with E-state index >= 15 is 0 Å². The molecule has 60 valence electrons. The van der Waals surface area contributed by atoms with Gasteiger partial charge < -0.3 is 4.90 Å². The van der Waals surface area contributed by atoms with Gasteiger partial charge in [0.15, 0.2) is 0 Å². The van der Waals surface area contributed by atoms with Crippen LogP contribution in [-0.4, -0.2) is 38.2 Å². The standard InChI is InChI=1S/C7H17N2P/c1-4-8-10-7-5-6-9(2)3/h4-7H2,1-3H3. The molecule has 0 spiro atoms. The van der Waals surface area contributed by atoms with E-state index in [4.69, 9.17) is 0 Å². The Morgan fingerprint density at radius 3 is 2.60 bits per heavy atom. The molecule has 0 aromatic heterocycles. The molecule has 0 saturated carbocycles. The second kappa shape index (κ2) is 7.17. The van der Waals surface area contributed by atoms with Gasteiger partial charge in [-0.2, -0.15) is 0 Å². The van der Waals surface area contributed by atoms with E-state index in [1.54, 1.807) is 0 Å². The molecule has 0 aromatic carbocycles. The Hall–Kier alpha value is 0.0600. The fourth-order valence-electron chi connectivity index (χ4n) is 0.628. The first-order valence-corrected chi connectivity index (χ1v) is 4.78. The molecule has 0 N–H and O–H groups in total. The molecule has 0 unspecified atom stereocenters. The molecule has 0 aliphatic carbocycles. The summed E-state index contributed by atoms with van der Waals surface area (Å²) in [6.07, 6.45) is 2.48. The van der Waals surface area contributed by atoms with Gasteiger partial charge in [0.1, 0.15) is 0 Å². The summed E-state index contributed by atoms with van der Waals surface area (Å²) in [7, 11) is 5.47. The smallest absolute Gasteiger partial charge is 0.0404 e. The van der Waals surface area contributed by atoms with Gasteiger partial charge in [-0.3, -0.25) is 4.74 Å². The monoisotopic (exact) mass is 160 g/mol. The molecular weight excluding hydrogens is 143 g/mol. The fourth-order valence-corrected chi connectivity index (χ4v) is 1.25. The van der Waals surface area contributed by atoms with Crippen molar-refractivity contribution in [2.45, 2.75) is 13.3 Å². The highest BCUT2D eigenvalue weighted by molar-refractivity contribution is 7.26. The van der Waals surface area contributed by atoms with Crippen LogP contribution in [0.1, 0.15) is 13.3 Å². The molecule has 0 fully saturated rings. The number of rotatable bonds is 5. The summed E-state index contributed by atoms with van der Waals surface area (Å²) in [5.74, 6) is 0. The molecule has 0 radical (unpaired) electrons. The third kappa shape index (κ3) is 8.06. The Morgan fingerprint density at radius 2 is 2.10 bits per heavy atom. The second-order valence-electron chi connectivity index (χ2n) is 2.48.